The van der Waals surface area contributed by atoms with E-state index < -0.39 is 16.8 Å². The summed E-state index contributed by atoms with van der Waals surface area (Å²) in [5.41, 5.74) is 2.50. The first-order valence-electron chi connectivity index (χ1n) is 9.39. The number of aromatic amines is 1. The van der Waals surface area contributed by atoms with Crippen LogP contribution in [0.2, 0.25) is 0 Å². The third kappa shape index (κ3) is 3.68. The van der Waals surface area contributed by atoms with Gasteiger partial charge in [-0.1, -0.05) is 6.07 Å². The van der Waals surface area contributed by atoms with Crippen molar-refractivity contribution >= 4 is 22.8 Å². The number of aromatic nitrogens is 5. The minimum atomic E-state index is -0.699. The van der Waals surface area contributed by atoms with E-state index in [0.29, 0.717) is 33.7 Å². The number of pyridine rings is 1. The van der Waals surface area contributed by atoms with Gasteiger partial charge in [0.15, 0.2) is 6.10 Å². The van der Waals surface area contributed by atoms with E-state index in [2.05, 4.69) is 25.4 Å². The lowest BCUT2D eigenvalue weighted by Gasteiger charge is -2.14. The highest BCUT2D eigenvalue weighted by atomic mass is 16.6. The van der Waals surface area contributed by atoms with Crippen molar-refractivity contribution in [2.45, 2.75) is 13.0 Å². The lowest BCUT2D eigenvalue weighted by molar-refractivity contribution is -0.390. The summed E-state index contributed by atoms with van der Waals surface area (Å²) < 4.78 is 7.59. The quantitative estimate of drug-likeness (QED) is 0.360. The molecule has 0 aliphatic rings. The fourth-order valence-corrected chi connectivity index (χ4v) is 3.24. The molecule has 0 aliphatic carbocycles. The molecule has 1 aromatic carbocycles. The van der Waals surface area contributed by atoms with Crippen molar-refractivity contribution in [1.82, 2.24) is 30.0 Å². The summed E-state index contributed by atoms with van der Waals surface area (Å²) in [4.78, 5) is 34.6. The normalized spacial score (nSPS) is 12.0. The Morgan fingerprint density at radius 3 is 2.81 bits per heavy atom. The van der Waals surface area contributed by atoms with Gasteiger partial charge < -0.3 is 25.2 Å². The van der Waals surface area contributed by atoms with Crippen LogP contribution < -0.4 is 10.1 Å². The SMILES string of the molecule is CNC(=O)c1cccc2[nH]c(C(C)Oc3c(-c4ccn(C)n4)ccnc3[N+](=O)[O-])nc12. The molecule has 1 atom stereocenters. The van der Waals surface area contributed by atoms with Gasteiger partial charge in [0.1, 0.15) is 17.5 Å². The Hall–Kier alpha value is -4.28. The molecule has 0 fully saturated rings. The number of benzene rings is 1. The fourth-order valence-electron chi connectivity index (χ4n) is 3.24. The van der Waals surface area contributed by atoms with Crippen molar-refractivity contribution in [2.75, 3.05) is 7.05 Å². The van der Waals surface area contributed by atoms with Crippen LogP contribution in [0.25, 0.3) is 22.3 Å². The number of para-hydroxylation sites is 1. The van der Waals surface area contributed by atoms with Crippen molar-refractivity contribution in [3.63, 3.8) is 0 Å². The number of rotatable bonds is 6. The molecule has 4 rings (SSSR count). The number of carbonyl (C=O) groups is 1. The van der Waals surface area contributed by atoms with Crippen molar-refractivity contribution in [3.8, 4) is 17.0 Å². The van der Waals surface area contributed by atoms with Crippen LogP contribution in [0.5, 0.6) is 5.75 Å². The van der Waals surface area contributed by atoms with Gasteiger partial charge in [-0.05, 0) is 41.1 Å². The molecule has 11 nitrogen and oxygen atoms in total. The average molecular weight is 421 g/mol. The van der Waals surface area contributed by atoms with Gasteiger partial charge in [0.25, 0.3) is 5.91 Å². The number of hydrogen-bond acceptors (Lipinski definition) is 7. The summed E-state index contributed by atoms with van der Waals surface area (Å²) in [7, 11) is 3.29. The molecular formula is C20H19N7O4. The summed E-state index contributed by atoms with van der Waals surface area (Å²) in [5, 5.41) is 18.5. The molecule has 2 N–H and O–H groups in total. The monoisotopic (exact) mass is 421 g/mol. The second kappa shape index (κ2) is 7.86. The number of hydrogen-bond donors (Lipinski definition) is 2. The second-order valence-electron chi connectivity index (χ2n) is 6.81. The van der Waals surface area contributed by atoms with E-state index in [4.69, 9.17) is 4.74 Å². The summed E-state index contributed by atoms with van der Waals surface area (Å²) in [5.74, 6) is -0.281. The first kappa shape index (κ1) is 20.0. The fraction of sp³-hybridized carbons (Fsp3) is 0.200. The lowest BCUT2D eigenvalue weighted by Crippen LogP contribution is -2.18. The van der Waals surface area contributed by atoms with Gasteiger partial charge in [-0.15, -0.1) is 0 Å². The lowest BCUT2D eigenvalue weighted by atomic mass is 10.1. The first-order chi connectivity index (χ1) is 14.9. The Balaban J connectivity index is 1.76. The highest BCUT2D eigenvalue weighted by molar-refractivity contribution is 6.04. The number of aryl methyl sites for hydroxylation is 1. The van der Waals surface area contributed by atoms with E-state index in [9.17, 15) is 14.9 Å². The highest BCUT2D eigenvalue weighted by Gasteiger charge is 2.26. The molecule has 158 valence electrons. The van der Waals surface area contributed by atoms with Crippen molar-refractivity contribution in [2.24, 2.45) is 7.05 Å². The second-order valence-corrected chi connectivity index (χ2v) is 6.81. The number of carbonyl (C=O) groups excluding carboxylic acids is 1. The van der Waals surface area contributed by atoms with E-state index in [1.54, 1.807) is 62.2 Å². The third-order valence-electron chi connectivity index (χ3n) is 4.73. The molecule has 11 heteroatoms. The maximum absolute atomic E-state index is 12.1. The Kier molecular flexibility index (Phi) is 5.07. The number of imidazole rings is 1. The summed E-state index contributed by atoms with van der Waals surface area (Å²) in [6.07, 6.45) is 2.38. The Bertz CT molecular complexity index is 1290. The van der Waals surface area contributed by atoms with Gasteiger partial charge in [-0.25, -0.2) is 4.98 Å². The van der Waals surface area contributed by atoms with Gasteiger partial charge in [0.2, 0.25) is 5.75 Å². The minimum absolute atomic E-state index is 0.00863. The van der Waals surface area contributed by atoms with E-state index >= 15 is 0 Å². The Morgan fingerprint density at radius 2 is 2.13 bits per heavy atom. The number of ether oxygens (including phenoxy) is 1. The minimum Gasteiger partial charge on any atom is -0.474 e. The summed E-state index contributed by atoms with van der Waals surface area (Å²) in [6, 6.07) is 8.54. The van der Waals surface area contributed by atoms with E-state index in [0.717, 1.165) is 0 Å². The maximum atomic E-state index is 12.1. The van der Waals surface area contributed by atoms with E-state index in [-0.39, 0.29) is 11.7 Å². The predicted octanol–water partition coefficient (Wildman–Crippen LogP) is 2.77. The average Bonchev–Trinajstić information content (AvgIpc) is 3.39. The molecule has 0 saturated carbocycles. The molecule has 1 unspecified atom stereocenters. The van der Waals surface area contributed by atoms with Gasteiger partial charge in [0.05, 0.1) is 22.3 Å². The molecule has 0 radical (unpaired) electrons. The van der Waals surface area contributed by atoms with Crippen LogP contribution in [-0.4, -0.2) is 42.6 Å². The zero-order valence-corrected chi connectivity index (χ0v) is 17.0. The number of fused-ring (bicyclic) bond motifs is 1. The van der Waals surface area contributed by atoms with Crippen LogP contribution in [0.1, 0.15) is 29.2 Å². The first-order valence-corrected chi connectivity index (χ1v) is 9.39. The summed E-state index contributed by atoms with van der Waals surface area (Å²) >= 11 is 0. The molecular weight excluding hydrogens is 402 g/mol. The van der Waals surface area contributed by atoms with Crippen molar-refractivity contribution in [3.05, 3.63) is 64.2 Å². The Morgan fingerprint density at radius 1 is 1.32 bits per heavy atom. The topological polar surface area (TPSA) is 141 Å². The third-order valence-corrected chi connectivity index (χ3v) is 4.73. The van der Waals surface area contributed by atoms with Crippen molar-refractivity contribution < 1.29 is 14.5 Å². The zero-order valence-electron chi connectivity index (χ0n) is 17.0. The standard InChI is InChI=1S/C20H19N7O4/c1-11(18-23-15-6-4-5-13(16(15)24-18)20(28)21-2)31-17-12(14-8-10-26(3)25-14)7-9-22-19(17)27(29)30/h4-11H,1-3H3,(H,21,28)(H,23,24). The highest BCUT2D eigenvalue weighted by Crippen LogP contribution is 2.38. The zero-order chi connectivity index (χ0) is 22.1. The van der Waals surface area contributed by atoms with Gasteiger partial charge >= 0.3 is 5.82 Å². The predicted molar refractivity (Wildman–Crippen MR) is 112 cm³/mol. The van der Waals surface area contributed by atoms with Crippen LogP contribution in [0, 0.1) is 10.1 Å². The summed E-state index contributed by atoms with van der Waals surface area (Å²) in [6.45, 7) is 1.70. The van der Waals surface area contributed by atoms with Crippen molar-refractivity contribution in [1.29, 1.82) is 0 Å². The van der Waals surface area contributed by atoms with Crippen LogP contribution >= 0.6 is 0 Å². The number of nitrogens with one attached hydrogen (secondary N) is 2. The van der Waals surface area contributed by atoms with Crippen LogP contribution in [0.4, 0.5) is 5.82 Å². The number of H-pyrrole nitrogens is 1. The number of nitro groups is 1. The van der Waals surface area contributed by atoms with Crippen LogP contribution in [0.15, 0.2) is 42.7 Å². The molecule has 1 amide bonds. The van der Waals surface area contributed by atoms with Crippen LogP contribution in [-0.2, 0) is 7.05 Å². The largest absolute Gasteiger partial charge is 0.474 e. The number of nitrogens with zero attached hydrogens (tertiary/aromatic N) is 5. The molecule has 3 aromatic heterocycles. The van der Waals surface area contributed by atoms with E-state index in [1.165, 1.54) is 6.20 Å². The van der Waals surface area contributed by atoms with Crippen LogP contribution in [0.3, 0.4) is 0 Å². The molecule has 3 heterocycles. The Labute approximate surface area is 176 Å². The maximum Gasteiger partial charge on any atom is 0.406 e. The van der Waals surface area contributed by atoms with E-state index in [1.807, 2.05) is 0 Å². The van der Waals surface area contributed by atoms with Gasteiger partial charge in [0, 0.05) is 20.3 Å². The number of amides is 1. The molecule has 0 bridgehead atoms. The molecule has 0 aliphatic heterocycles. The molecule has 4 aromatic rings. The van der Waals surface area contributed by atoms with Gasteiger partial charge in [-0.2, -0.15) is 5.10 Å². The molecule has 31 heavy (non-hydrogen) atoms. The smallest absolute Gasteiger partial charge is 0.406 e. The van der Waals surface area contributed by atoms with Gasteiger partial charge in [-0.3, -0.25) is 9.48 Å². The molecule has 0 saturated heterocycles. The molecule has 0 spiro atoms.